The van der Waals surface area contributed by atoms with Crippen LogP contribution in [0.4, 0.5) is 0 Å². The zero-order valence-electron chi connectivity index (χ0n) is 7.21. The highest BCUT2D eigenvalue weighted by Gasteiger charge is 1.93. The molecular weight excluding hydrogens is 154 g/mol. The Kier molecular flexibility index (Phi) is 7.28. The molecule has 3 heteroatoms. The fourth-order valence-electron chi connectivity index (χ4n) is 0.633. The summed E-state index contributed by atoms with van der Waals surface area (Å²) in [6, 6.07) is 0. The van der Waals surface area contributed by atoms with Gasteiger partial charge in [0.05, 0.1) is 6.61 Å². The van der Waals surface area contributed by atoms with E-state index in [4.69, 9.17) is 4.74 Å². The van der Waals surface area contributed by atoms with Gasteiger partial charge >= 0.3 is 5.97 Å². The number of esters is 1. The Bertz CT molecular complexity index is 155. The molecule has 0 saturated carbocycles. The normalized spacial score (nSPS) is 9.00. The average Bonchev–Trinajstić information content (AvgIpc) is 2.10. The minimum atomic E-state index is -0.362. The maximum Gasteiger partial charge on any atom is 0.330 e. The van der Waals surface area contributed by atoms with Crippen molar-refractivity contribution in [1.82, 2.24) is 5.32 Å². The molecule has 0 unspecified atom stereocenters. The summed E-state index contributed by atoms with van der Waals surface area (Å²) in [6.07, 6.45) is 3.76. The second-order valence-electron chi connectivity index (χ2n) is 2.22. The third-order valence-corrected chi connectivity index (χ3v) is 1.20. The summed E-state index contributed by atoms with van der Waals surface area (Å²) in [7, 11) is 0. The highest BCUT2D eigenvalue weighted by molar-refractivity contribution is 5.81. The smallest absolute Gasteiger partial charge is 0.330 e. The molecular formula is C9H15NO2. The average molecular weight is 169 g/mol. The minimum Gasteiger partial charge on any atom is -0.462 e. The molecule has 0 aliphatic heterocycles. The van der Waals surface area contributed by atoms with Crippen LogP contribution in [0.1, 0.15) is 6.42 Å². The van der Waals surface area contributed by atoms with Crippen molar-refractivity contribution in [3.05, 3.63) is 25.3 Å². The van der Waals surface area contributed by atoms with Gasteiger partial charge in [0.1, 0.15) is 0 Å². The molecule has 0 amide bonds. The Morgan fingerprint density at radius 3 is 2.83 bits per heavy atom. The van der Waals surface area contributed by atoms with Gasteiger partial charge in [0.2, 0.25) is 0 Å². The molecule has 0 aromatic heterocycles. The third-order valence-electron chi connectivity index (χ3n) is 1.20. The van der Waals surface area contributed by atoms with E-state index in [9.17, 15) is 4.79 Å². The van der Waals surface area contributed by atoms with Gasteiger partial charge in [-0.05, 0) is 13.0 Å². The standard InChI is InChI=1S/C9H15NO2/c1-3-6-10-7-5-8-12-9(11)4-2/h3-4,10H,1-2,5-8H2. The summed E-state index contributed by atoms with van der Waals surface area (Å²) >= 11 is 0. The first-order valence-corrected chi connectivity index (χ1v) is 3.92. The summed E-state index contributed by atoms with van der Waals surface area (Å²) < 4.78 is 4.75. The molecule has 0 atom stereocenters. The lowest BCUT2D eigenvalue weighted by atomic mass is 10.4. The molecule has 0 aliphatic carbocycles. The van der Waals surface area contributed by atoms with Crippen LogP contribution < -0.4 is 5.32 Å². The number of carbonyl (C=O) groups excluding carboxylic acids is 1. The maximum absolute atomic E-state index is 10.5. The molecule has 0 bridgehead atoms. The van der Waals surface area contributed by atoms with Gasteiger partial charge in [-0.3, -0.25) is 0 Å². The Labute approximate surface area is 73.1 Å². The van der Waals surface area contributed by atoms with Crippen LogP contribution in [0.5, 0.6) is 0 Å². The number of hydrogen-bond acceptors (Lipinski definition) is 3. The van der Waals surface area contributed by atoms with E-state index in [2.05, 4.69) is 18.5 Å². The van der Waals surface area contributed by atoms with Gasteiger partial charge in [-0.15, -0.1) is 6.58 Å². The van der Waals surface area contributed by atoms with Crippen molar-refractivity contribution < 1.29 is 9.53 Å². The quantitative estimate of drug-likeness (QED) is 0.266. The van der Waals surface area contributed by atoms with Gasteiger partial charge in [0.25, 0.3) is 0 Å². The lowest BCUT2D eigenvalue weighted by Crippen LogP contribution is -2.17. The zero-order chi connectivity index (χ0) is 9.23. The van der Waals surface area contributed by atoms with E-state index in [0.717, 1.165) is 25.6 Å². The lowest BCUT2D eigenvalue weighted by molar-refractivity contribution is -0.137. The first-order chi connectivity index (χ1) is 5.81. The van der Waals surface area contributed by atoms with Gasteiger partial charge in [-0.25, -0.2) is 4.79 Å². The van der Waals surface area contributed by atoms with E-state index in [-0.39, 0.29) is 5.97 Å². The van der Waals surface area contributed by atoms with Crippen LogP contribution in [-0.4, -0.2) is 25.7 Å². The van der Waals surface area contributed by atoms with Gasteiger partial charge < -0.3 is 10.1 Å². The summed E-state index contributed by atoms with van der Waals surface area (Å²) in [5, 5.41) is 3.09. The second kappa shape index (κ2) is 8.01. The summed E-state index contributed by atoms with van der Waals surface area (Å²) in [4.78, 5) is 10.5. The minimum absolute atomic E-state index is 0.362. The van der Waals surface area contributed by atoms with Crippen LogP contribution in [0.15, 0.2) is 25.3 Å². The van der Waals surface area contributed by atoms with E-state index in [1.807, 2.05) is 0 Å². The topological polar surface area (TPSA) is 38.3 Å². The predicted molar refractivity (Wildman–Crippen MR) is 48.8 cm³/mol. The molecule has 0 spiro atoms. The zero-order valence-corrected chi connectivity index (χ0v) is 7.21. The number of carbonyl (C=O) groups is 1. The van der Waals surface area contributed by atoms with Gasteiger partial charge in [-0.1, -0.05) is 12.7 Å². The van der Waals surface area contributed by atoms with Crippen molar-refractivity contribution in [2.24, 2.45) is 0 Å². The Morgan fingerprint density at radius 1 is 1.50 bits per heavy atom. The first kappa shape index (κ1) is 10.9. The number of ether oxygens (including phenoxy) is 1. The van der Waals surface area contributed by atoms with E-state index in [1.165, 1.54) is 0 Å². The SMILES string of the molecule is C=CCNCCCOC(=O)C=C. The fourth-order valence-corrected chi connectivity index (χ4v) is 0.633. The highest BCUT2D eigenvalue weighted by Crippen LogP contribution is 1.83. The molecule has 68 valence electrons. The molecule has 0 aromatic rings. The van der Waals surface area contributed by atoms with Crippen LogP contribution in [0.3, 0.4) is 0 Å². The second-order valence-corrected chi connectivity index (χ2v) is 2.22. The molecule has 0 radical (unpaired) electrons. The van der Waals surface area contributed by atoms with Crippen molar-refractivity contribution in [3.8, 4) is 0 Å². The largest absolute Gasteiger partial charge is 0.462 e. The van der Waals surface area contributed by atoms with Crippen molar-refractivity contribution in [1.29, 1.82) is 0 Å². The van der Waals surface area contributed by atoms with Crippen molar-refractivity contribution in [2.45, 2.75) is 6.42 Å². The van der Waals surface area contributed by atoms with Crippen LogP contribution in [0, 0.1) is 0 Å². The highest BCUT2D eigenvalue weighted by atomic mass is 16.5. The molecule has 3 nitrogen and oxygen atoms in total. The summed E-state index contributed by atoms with van der Waals surface area (Å²) in [6.45, 7) is 8.90. The van der Waals surface area contributed by atoms with E-state index >= 15 is 0 Å². The fraction of sp³-hybridized carbons (Fsp3) is 0.444. The van der Waals surface area contributed by atoms with Gasteiger partial charge in [0.15, 0.2) is 0 Å². The van der Waals surface area contributed by atoms with Crippen LogP contribution in [0.2, 0.25) is 0 Å². The predicted octanol–water partition coefficient (Wildman–Crippen LogP) is 0.881. The molecule has 1 N–H and O–H groups in total. The Morgan fingerprint density at radius 2 is 2.25 bits per heavy atom. The number of rotatable bonds is 7. The number of hydrogen-bond donors (Lipinski definition) is 1. The molecule has 0 saturated heterocycles. The molecule has 12 heavy (non-hydrogen) atoms. The van der Waals surface area contributed by atoms with Crippen molar-refractivity contribution in [3.63, 3.8) is 0 Å². The van der Waals surface area contributed by atoms with Gasteiger partial charge in [-0.2, -0.15) is 0 Å². The van der Waals surface area contributed by atoms with Crippen LogP contribution in [-0.2, 0) is 9.53 Å². The van der Waals surface area contributed by atoms with Crippen molar-refractivity contribution >= 4 is 5.97 Å². The molecule has 0 aliphatic rings. The Hall–Kier alpha value is -1.09. The van der Waals surface area contributed by atoms with Crippen molar-refractivity contribution in [2.75, 3.05) is 19.7 Å². The van der Waals surface area contributed by atoms with E-state index < -0.39 is 0 Å². The lowest BCUT2D eigenvalue weighted by Gasteiger charge is -2.01. The number of nitrogens with one attached hydrogen (secondary N) is 1. The van der Waals surface area contributed by atoms with Crippen LogP contribution in [0.25, 0.3) is 0 Å². The van der Waals surface area contributed by atoms with Gasteiger partial charge in [0, 0.05) is 12.6 Å². The molecule has 0 rings (SSSR count). The Balaban J connectivity index is 3.05. The first-order valence-electron chi connectivity index (χ1n) is 3.92. The maximum atomic E-state index is 10.5. The molecule has 0 fully saturated rings. The monoisotopic (exact) mass is 169 g/mol. The van der Waals surface area contributed by atoms with E-state index in [1.54, 1.807) is 6.08 Å². The summed E-state index contributed by atoms with van der Waals surface area (Å²) in [5.41, 5.74) is 0. The molecule has 0 heterocycles. The molecule has 0 aromatic carbocycles. The third kappa shape index (κ3) is 7.02. The van der Waals surface area contributed by atoms with Crippen LogP contribution >= 0.6 is 0 Å². The summed E-state index contributed by atoms with van der Waals surface area (Å²) in [5.74, 6) is -0.362. The van der Waals surface area contributed by atoms with E-state index in [0.29, 0.717) is 6.61 Å².